The predicted molar refractivity (Wildman–Crippen MR) is 71.0 cm³/mol. The van der Waals surface area contributed by atoms with E-state index in [1.807, 2.05) is 27.2 Å². The molecule has 0 amide bonds. The fourth-order valence-electron chi connectivity index (χ4n) is 1.57. The summed E-state index contributed by atoms with van der Waals surface area (Å²) >= 11 is 1.42. The molecule has 0 aromatic carbocycles. The summed E-state index contributed by atoms with van der Waals surface area (Å²) in [6.45, 7) is 3.83. The minimum Gasteiger partial charge on any atom is -0.435 e. The molecule has 0 fully saturated rings. The van der Waals surface area contributed by atoms with Crippen LogP contribution in [-0.2, 0) is 7.05 Å². The van der Waals surface area contributed by atoms with E-state index in [4.69, 9.17) is 10.5 Å². The molecule has 96 valence electrons. The number of nitrogens with two attached hydrogens (primary N) is 1. The van der Waals surface area contributed by atoms with Crippen LogP contribution in [0.4, 0.5) is 5.82 Å². The summed E-state index contributed by atoms with van der Waals surface area (Å²) in [5.41, 5.74) is 7.46. The summed E-state index contributed by atoms with van der Waals surface area (Å²) in [4.78, 5) is 8.32. The van der Waals surface area contributed by atoms with Crippen molar-refractivity contribution in [2.45, 2.75) is 19.0 Å². The summed E-state index contributed by atoms with van der Waals surface area (Å²) < 4.78 is 7.52. The Bertz CT molecular complexity index is 581. The highest BCUT2D eigenvalue weighted by Crippen LogP contribution is 2.28. The van der Waals surface area contributed by atoms with Crippen LogP contribution in [0.3, 0.4) is 0 Å². The molecule has 2 N–H and O–H groups in total. The first kappa shape index (κ1) is 12.7. The van der Waals surface area contributed by atoms with E-state index in [0.717, 1.165) is 11.4 Å². The number of rotatable bonds is 3. The van der Waals surface area contributed by atoms with Crippen molar-refractivity contribution in [1.82, 2.24) is 19.7 Å². The second-order valence-corrected chi connectivity index (χ2v) is 4.62. The lowest BCUT2D eigenvalue weighted by molar-refractivity contribution is 0.449. The predicted octanol–water partition coefficient (Wildman–Crippen LogP) is 1.92. The van der Waals surface area contributed by atoms with Crippen molar-refractivity contribution in [2.75, 3.05) is 12.0 Å². The maximum atomic E-state index is 5.76. The van der Waals surface area contributed by atoms with Crippen LogP contribution in [0.15, 0.2) is 11.2 Å². The van der Waals surface area contributed by atoms with E-state index in [2.05, 4.69) is 15.1 Å². The third-order valence-electron chi connectivity index (χ3n) is 2.53. The van der Waals surface area contributed by atoms with E-state index in [9.17, 15) is 0 Å². The van der Waals surface area contributed by atoms with Crippen molar-refractivity contribution < 1.29 is 4.74 Å². The maximum absolute atomic E-state index is 5.76. The Morgan fingerprint density at radius 3 is 2.61 bits per heavy atom. The maximum Gasteiger partial charge on any atom is 0.225 e. The normalized spacial score (nSPS) is 10.7. The average molecular weight is 265 g/mol. The summed E-state index contributed by atoms with van der Waals surface area (Å²) in [6, 6.07) is 1.60. The zero-order chi connectivity index (χ0) is 13.3. The van der Waals surface area contributed by atoms with Gasteiger partial charge in [0.05, 0.1) is 5.69 Å². The van der Waals surface area contributed by atoms with Gasteiger partial charge in [-0.15, -0.1) is 0 Å². The van der Waals surface area contributed by atoms with Gasteiger partial charge in [0.15, 0.2) is 10.9 Å². The van der Waals surface area contributed by atoms with E-state index in [1.165, 1.54) is 11.8 Å². The van der Waals surface area contributed by atoms with Gasteiger partial charge >= 0.3 is 0 Å². The number of nitrogen functional groups attached to an aromatic ring is 1. The van der Waals surface area contributed by atoms with Crippen LogP contribution in [-0.4, -0.2) is 26.0 Å². The van der Waals surface area contributed by atoms with Crippen LogP contribution in [0.25, 0.3) is 0 Å². The molecule has 0 spiro atoms. The number of ether oxygens (including phenoxy) is 1. The molecule has 0 radical (unpaired) electrons. The van der Waals surface area contributed by atoms with Crippen LogP contribution < -0.4 is 10.5 Å². The third-order valence-corrected chi connectivity index (χ3v) is 3.08. The molecule has 7 heteroatoms. The van der Waals surface area contributed by atoms with Crippen LogP contribution in [0, 0.1) is 13.8 Å². The van der Waals surface area contributed by atoms with Gasteiger partial charge in [-0.25, -0.2) is 4.98 Å². The van der Waals surface area contributed by atoms with Gasteiger partial charge in [0.2, 0.25) is 5.88 Å². The molecular weight excluding hydrogens is 250 g/mol. The lowest BCUT2D eigenvalue weighted by Gasteiger charge is -2.06. The highest BCUT2D eigenvalue weighted by atomic mass is 32.2. The van der Waals surface area contributed by atoms with Gasteiger partial charge in [0.1, 0.15) is 11.5 Å². The molecule has 0 bridgehead atoms. The first-order valence-corrected chi connectivity index (χ1v) is 6.60. The highest BCUT2D eigenvalue weighted by Gasteiger charge is 2.13. The van der Waals surface area contributed by atoms with Gasteiger partial charge in [-0.3, -0.25) is 4.68 Å². The number of aryl methyl sites for hydroxylation is 2. The fraction of sp³-hybridized carbons (Fsp3) is 0.364. The monoisotopic (exact) mass is 265 g/mol. The average Bonchev–Trinajstić information content (AvgIpc) is 2.55. The van der Waals surface area contributed by atoms with Crippen molar-refractivity contribution in [1.29, 1.82) is 0 Å². The summed E-state index contributed by atoms with van der Waals surface area (Å²) in [5, 5.41) is 4.87. The highest BCUT2D eigenvalue weighted by molar-refractivity contribution is 7.98. The molecule has 0 aliphatic carbocycles. The Hall–Kier alpha value is -1.76. The Balaban J connectivity index is 2.36. The van der Waals surface area contributed by atoms with Crippen molar-refractivity contribution in [2.24, 2.45) is 7.05 Å². The van der Waals surface area contributed by atoms with E-state index in [0.29, 0.717) is 22.6 Å². The molecule has 0 saturated heterocycles. The molecule has 0 aliphatic rings. The fourth-order valence-corrected chi connectivity index (χ4v) is 1.95. The van der Waals surface area contributed by atoms with E-state index in [-0.39, 0.29) is 0 Å². The minimum absolute atomic E-state index is 0.392. The van der Waals surface area contributed by atoms with Crippen molar-refractivity contribution in [3.8, 4) is 11.6 Å². The van der Waals surface area contributed by atoms with Gasteiger partial charge in [0, 0.05) is 13.1 Å². The van der Waals surface area contributed by atoms with Gasteiger partial charge < -0.3 is 10.5 Å². The molecule has 2 aromatic rings. The Kier molecular flexibility index (Phi) is 3.42. The standard InChI is InChI=1S/C11H15N5OS/c1-6-10(7(2)16(3)15-6)17-9-5-8(12)13-11(14-9)18-4/h5H,1-4H3,(H2,12,13,14). The second kappa shape index (κ2) is 4.85. The molecule has 0 atom stereocenters. The number of hydrogen-bond donors (Lipinski definition) is 1. The van der Waals surface area contributed by atoms with Gasteiger partial charge in [-0.05, 0) is 20.1 Å². The number of anilines is 1. The SMILES string of the molecule is CSc1nc(N)cc(Oc2c(C)nn(C)c2C)n1. The van der Waals surface area contributed by atoms with Gasteiger partial charge in [0.25, 0.3) is 0 Å². The van der Waals surface area contributed by atoms with E-state index >= 15 is 0 Å². The first-order chi connectivity index (χ1) is 8.51. The smallest absolute Gasteiger partial charge is 0.225 e. The van der Waals surface area contributed by atoms with Gasteiger partial charge in [-0.1, -0.05) is 11.8 Å². The number of aromatic nitrogens is 4. The molecule has 2 heterocycles. The van der Waals surface area contributed by atoms with Crippen molar-refractivity contribution in [3.05, 3.63) is 17.5 Å². The van der Waals surface area contributed by atoms with Crippen LogP contribution in [0.1, 0.15) is 11.4 Å². The van der Waals surface area contributed by atoms with Crippen LogP contribution in [0.5, 0.6) is 11.6 Å². The second-order valence-electron chi connectivity index (χ2n) is 3.84. The molecular formula is C11H15N5OS. The molecule has 2 rings (SSSR count). The lowest BCUT2D eigenvalue weighted by Crippen LogP contribution is -1.98. The van der Waals surface area contributed by atoms with Crippen LogP contribution >= 0.6 is 11.8 Å². The number of hydrogen-bond acceptors (Lipinski definition) is 6. The zero-order valence-corrected chi connectivity index (χ0v) is 11.6. The van der Waals surface area contributed by atoms with Crippen molar-refractivity contribution >= 4 is 17.6 Å². The molecule has 6 nitrogen and oxygen atoms in total. The quantitative estimate of drug-likeness (QED) is 0.674. The Morgan fingerprint density at radius 2 is 2.06 bits per heavy atom. The molecule has 18 heavy (non-hydrogen) atoms. The topological polar surface area (TPSA) is 78.9 Å². The summed E-state index contributed by atoms with van der Waals surface area (Å²) in [7, 11) is 1.87. The molecule has 2 aromatic heterocycles. The van der Waals surface area contributed by atoms with Crippen molar-refractivity contribution in [3.63, 3.8) is 0 Å². The van der Waals surface area contributed by atoms with Gasteiger partial charge in [-0.2, -0.15) is 10.1 Å². The Labute approximate surface area is 110 Å². The number of nitrogens with zero attached hydrogens (tertiary/aromatic N) is 4. The summed E-state index contributed by atoms with van der Waals surface area (Å²) in [6.07, 6.45) is 1.89. The molecule has 0 aliphatic heterocycles. The number of thioether (sulfide) groups is 1. The molecule has 0 unspecified atom stereocenters. The lowest BCUT2D eigenvalue weighted by atomic mass is 10.3. The Morgan fingerprint density at radius 1 is 1.33 bits per heavy atom. The largest absolute Gasteiger partial charge is 0.435 e. The third kappa shape index (κ3) is 2.40. The van der Waals surface area contributed by atoms with E-state index in [1.54, 1.807) is 10.7 Å². The molecule has 0 saturated carbocycles. The van der Waals surface area contributed by atoms with E-state index < -0.39 is 0 Å². The zero-order valence-electron chi connectivity index (χ0n) is 10.8. The summed E-state index contributed by atoms with van der Waals surface area (Å²) in [5.74, 6) is 1.54. The van der Waals surface area contributed by atoms with Crippen LogP contribution in [0.2, 0.25) is 0 Å². The first-order valence-electron chi connectivity index (χ1n) is 5.38. The minimum atomic E-state index is 0.392.